The maximum atomic E-state index is 11.1. The number of nitrogens with one attached hydrogen (secondary N) is 2. The molecule has 0 spiro atoms. The first-order valence-electron chi connectivity index (χ1n) is 5.41. The van der Waals surface area contributed by atoms with E-state index in [0.717, 1.165) is 16.6 Å². The highest BCUT2D eigenvalue weighted by atomic mass is 16.5. The van der Waals surface area contributed by atoms with Gasteiger partial charge in [0.25, 0.3) is 0 Å². The van der Waals surface area contributed by atoms with Crippen LogP contribution in [-0.4, -0.2) is 23.2 Å². The molecule has 2 aromatic rings. The Hall–Kier alpha value is -2.06. The van der Waals surface area contributed by atoms with Crippen molar-refractivity contribution in [2.45, 2.75) is 6.42 Å². The van der Waals surface area contributed by atoms with E-state index in [1.807, 2.05) is 18.2 Å². The largest absolute Gasteiger partial charge is 0.378 e. The topological polar surface area (TPSA) is 81.7 Å². The van der Waals surface area contributed by atoms with Crippen LogP contribution in [0.3, 0.4) is 0 Å². The molecule has 1 aliphatic heterocycles. The van der Waals surface area contributed by atoms with E-state index in [1.54, 1.807) is 0 Å². The number of aromatic amines is 2. The molecule has 1 fully saturated rings. The zero-order valence-corrected chi connectivity index (χ0v) is 9.12. The number of hydrogen-bond donors (Lipinski definition) is 2. The molecule has 0 saturated carbocycles. The van der Waals surface area contributed by atoms with Crippen LogP contribution in [0.4, 0.5) is 0 Å². The lowest BCUT2D eigenvalue weighted by Gasteiger charge is -2.35. The van der Waals surface area contributed by atoms with Crippen LogP contribution in [0.1, 0.15) is 5.56 Å². The minimum Gasteiger partial charge on any atom is -0.378 e. The van der Waals surface area contributed by atoms with E-state index in [2.05, 4.69) is 16.0 Å². The molecule has 5 nitrogen and oxygen atoms in total. The van der Waals surface area contributed by atoms with Gasteiger partial charge in [-0.25, -0.2) is 4.79 Å². The Labute approximate surface area is 97.0 Å². The smallest absolute Gasteiger partial charge is 0.323 e. The molecule has 1 aromatic carbocycles. The molecule has 17 heavy (non-hydrogen) atoms. The van der Waals surface area contributed by atoms with Crippen LogP contribution in [0, 0.1) is 16.7 Å². The van der Waals surface area contributed by atoms with Crippen LogP contribution in [-0.2, 0) is 11.2 Å². The van der Waals surface area contributed by atoms with Gasteiger partial charge in [0, 0.05) is 0 Å². The summed E-state index contributed by atoms with van der Waals surface area (Å²) in [7, 11) is 0. The molecule has 1 aliphatic rings. The Morgan fingerprint density at radius 3 is 2.76 bits per heavy atom. The molecule has 2 heterocycles. The summed E-state index contributed by atoms with van der Waals surface area (Å²) >= 11 is 0. The number of aromatic nitrogens is 2. The fourth-order valence-electron chi connectivity index (χ4n) is 2.14. The van der Waals surface area contributed by atoms with Crippen LogP contribution < -0.4 is 5.69 Å². The van der Waals surface area contributed by atoms with Gasteiger partial charge in [-0.1, -0.05) is 6.07 Å². The van der Waals surface area contributed by atoms with E-state index >= 15 is 0 Å². The van der Waals surface area contributed by atoms with Crippen LogP contribution in [0.25, 0.3) is 11.0 Å². The first-order chi connectivity index (χ1) is 8.21. The highest BCUT2D eigenvalue weighted by Gasteiger charge is 2.38. The van der Waals surface area contributed by atoms with Crippen molar-refractivity contribution in [1.29, 1.82) is 5.26 Å². The van der Waals surface area contributed by atoms with E-state index in [0.29, 0.717) is 19.6 Å². The van der Waals surface area contributed by atoms with Gasteiger partial charge in [-0.3, -0.25) is 0 Å². The Bertz CT molecular complexity index is 658. The summed E-state index contributed by atoms with van der Waals surface area (Å²) in [5.41, 5.74) is 2.01. The minimum atomic E-state index is -0.385. The van der Waals surface area contributed by atoms with Gasteiger partial charge >= 0.3 is 5.69 Å². The van der Waals surface area contributed by atoms with Gasteiger partial charge < -0.3 is 14.7 Å². The van der Waals surface area contributed by atoms with E-state index in [1.165, 1.54) is 0 Å². The molecule has 86 valence electrons. The van der Waals surface area contributed by atoms with Crippen molar-refractivity contribution in [3.63, 3.8) is 0 Å². The second-order valence-electron chi connectivity index (χ2n) is 4.52. The number of nitrogens with zero attached hydrogens (tertiary/aromatic N) is 1. The molecule has 0 bridgehead atoms. The lowest BCUT2D eigenvalue weighted by Crippen LogP contribution is -2.43. The Kier molecular flexibility index (Phi) is 2.06. The lowest BCUT2D eigenvalue weighted by molar-refractivity contribution is -0.0765. The number of nitriles is 1. The average Bonchev–Trinajstić information content (AvgIpc) is 2.63. The van der Waals surface area contributed by atoms with Crippen molar-refractivity contribution >= 4 is 11.0 Å². The zero-order chi connectivity index (χ0) is 11.9. The van der Waals surface area contributed by atoms with Gasteiger partial charge in [-0.05, 0) is 24.1 Å². The average molecular weight is 229 g/mol. The minimum absolute atomic E-state index is 0.209. The van der Waals surface area contributed by atoms with Crippen molar-refractivity contribution < 1.29 is 4.74 Å². The summed E-state index contributed by atoms with van der Waals surface area (Å²) in [5, 5.41) is 9.12. The SMILES string of the molecule is N#CC1(Cc2ccc3[nH]c(=O)[nH]c3c2)COC1. The number of fused-ring (bicyclic) bond motifs is 1. The van der Waals surface area contributed by atoms with Gasteiger partial charge in [0.05, 0.1) is 30.3 Å². The predicted octanol–water partition coefficient (Wildman–Crippen LogP) is 0.939. The van der Waals surface area contributed by atoms with Crippen LogP contribution in [0.15, 0.2) is 23.0 Å². The number of ether oxygens (including phenoxy) is 1. The van der Waals surface area contributed by atoms with Crippen LogP contribution >= 0.6 is 0 Å². The maximum Gasteiger partial charge on any atom is 0.323 e. The first kappa shape index (κ1) is 10.1. The molecule has 1 aromatic heterocycles. The highest BCUT2D eigenvalue weighted by molar-refractivity contribution is 5.75. The third kappa shape index (κ3) is 1.63. The molecule has 0 unspecified atom stereocenters. The summed E-state index contributed by atoms with van der Waals surface area (Å²) in [6.45, 7) is 0.983. The molecule has 0 aliphatic carbocycles. The van der Waals surface area contributed by atoms with Crippen molar-refractivity contribution in [3.05, 3.63) is 34.2 Å². The fraction of sp³-hybridized carbons (Fsp3) is 0.333. The number of hydrogen-bond acceptors (Lipinski definition) is 3. The summed E-state index contributed by atoms with van der Waals surface area (Å²) in [6, 6.07) is 8.01. The Morgan fingerprint density at radius 2 is 2.12 bits per heavy atom. The van der Waals surface area contributed by atoms with Crippen molar-refractivity contribution in [1.82, 2.24) is 9.97 Å². The molecule has 3 rings (SSSR count). The number of imidazole rings is 1. The quantitative estimate of drug-likeness (QED) is 0.804. The second-order valence-corrected chi connectivity index (χ2v) is 4.52. The molecular weight excluding hydrogens is 218 g/mol. The fourth-order valence-corrected chi connectivity index (χ4v) is 2.14. The first-order valence-corrected chi connectivity index (χ1v) is 5.41. The third-order valence-electron chi connectivity index (χ3n) is 3.12. The van der Waals surface area contributed by atoms with Gasteiger partial charge in [0.1, 0.15) is 5.41 Å². The zero-order valence-electron chi connectivity index (χ0n) is 9.12. The van der Waals surface area contributed by atoms with E-state index in [9.17, 15) is 4.79 Å². The van der Waals surface area contributed by atoms with Gasteiger partial charge in [0.15, 0.2) is 0 Å². The second kappa shape index (κ2) is 3.47. The molecule has 1 saturated heterocycles. The molecule has 0 atom stereocenters. The van der Waals surface area contributed by atoms with Crippen LogP contribution in [0.5, 0.6) is 0 Å². The molecule has 0 amide bonds. The van der Waals surface area contributed by atoms with Gasteiger partial charge in [0.2, 0.25) is 0 Å². The summed E-state index contributed by atoms with van der Waals surface area (Å²) in [6.07, 6.45) is 0.659. The van der Waals surface area contributed by atoms with Crippen molar-refractivity contribution in [2.24, 2.45) is 5.41 Å². The summed E-state index contributed by atoms with van der Waals surface area (Å²) in [4.78, 5) is 16.5. The number of rotatable bonds is 2. The molecule has 0 radical (unpaired) electrons. The van der Waals surface area contributed by atoms with Crippen molar-refractivity contribution in [3.8, 4) is 6.07 Å². The Balaban J connectivity index is 1.96. The van der Waals surface area contributed by atoms with Gasteiger partial charge in [-0.2, -0.15) is 5.26 Å². The molecule has 2 N–H and O–H groups in total. The van der Waals surface area contributed by atoms with Crippen molar-refractivity contribution in [2.75, 3.05) is 13.2 Å². The molecule has 5 heteroatoms. The standard InChI is InChI=1S/C12H11N3O2/c13-5-12(6-17-7-12)4-8-1-2-9-10(3-8)15-11(16)14-9/h1-3H,4,6-7H2,(H2,14,15,16). The molecular formula is C12H11N3O2. The number of H-pyrrole nitrogens is 2. The number of benzene rings is 1. The van der Waals surface area contributed by atoms with Gasteiger partial charge in [-0.15, -0.1) is 0 Å². The highest BCUT2D eigenvalue weighted by Crippen LogP contribution is 2.31. The predicted molar refractivity (Wildman–Crippen MR) is 61.5 cm³/mol. The maximum absolute atomic E-state index is 11.1. The van der Waals surface area contributed by atoms with E-state index < -0.39 is 0 Å². The normalized spacial score (nSPS) is 17.6. The summed E-state index contributed by atoms with van der Waals surface area (Å²) < 4.78 is 5.11. The van der Waals surface area contributed by atoms with E-state index in [-0.39, 0.29) is 11.1 Å². The lowest BCUT2D eigenvalue weighted by atomic mass is 9.81. The Morgan fingerprint density at radius 1 is 1.35 bits per heavy atom. The van der Waals surface area contributed by atoms with Crippen LogP contribution in [0.2, 0.25) is 0 Å². The third-order valence-corrected chi connectivity index (χ3v) is 3.12. The van der Waals surface area contributed by atoms with E-state index in [4.69, 9.17) is 10.00 Å². The monoisotopic (exact) mass is 229 g/mol. The summed E-state index contributed by atoms with van der Waals surface area (Å²) in [5.74, 6) is 0.